The minimum absolute atomic E-state index is 0.0236. The van der Waals surface area contributed by atoms with Crippen LogP contribution >= 0.6 is 27.5 Å². The Morgan fingerprint density at radius 2 is 2.00 bits per heavy atom. The van der Waals surface area contributed by atoms with Crippen LogP contribution in [-0.4, -0.2) is 11.0 Å². The lowest BCUT2D eigenvalue weighted by atomic mass is 10.1. The fraction of sp³-hybridized carbons (Fsp3) is 0. The van der Waals surface area contributed by atoms with Crippen molar-refractivity contribution < 1.29 is 9.90 Å². The standard InChI is InChI=1S/C13H10BrClN2O2/c14-10-3-1-7(15)5-12(10)17-13(19)9-6-8(18)2-4-11(9)16/h1-6,18H,16H2,(H,17,19). The number of nitrogens with two attached hydrogens (primary N) is 1. The second kappa shape index (κ2) is 5.50. The van der Waals surface area contributed by atoms with Gasteiger partial charge in [-0.3, -0.25) is 4.79 Å². The highest BCUT2D eigenvalue weighted by Gasteiger charge is 2.12. The van der Waals surface area contributed by atoms with Crippen LogP contribution in [0.1, 0.15) is 10.4 Å². The predicted molar refractivity (Wildman–Crippen MR) is 79.6 cm³/mol. The molecule has 6 heteroatoms. The summed E-state index contributed by atoms with van der Waals surface area (Å²) in [5.74, 6) is -0.444. The van der Waals surface area contributed by atoms with Crippen LogP contribution in [0.15, 0.2) is 40.9 Å². The molecule has 0 saturated carbocycles. The van der Waals surface area contributed by atoms with Gasteiger partial charge in [-0.1, -0.05) is 11.6 Å². The molecule has 0 heterocycles. The van der Waals surface area contributed by atoms with Crippen LogP contribution in [0.4, 0.5) is 11.4 Å². The van der Waals surface area contributed by atoms with E-state index in [4.69, 9.17) is 17.3 Å². The third kappa shape index (κ3) is 3.19. The quantitative estimate of drug-likeness (QED) is 0.576. The number of nitrogens with one attached hydrogen (secondary N) is 1. The van der Waals surface area contributed by atoms with Crippen LogP contribution in [0.25, 0.3) is 0 Å². The van der Waals surface area contributed by atoms with E-state index >= 15 is 0 Å². The Balaban J connectivity index is 2.30. The van der Waals surface area contributed by atoms with E-state index in [2.05, 4.69) is 21.2 Å². The van der Waals surface area contributed by atoms with Gasteiger partial charge in [-0.2, -0.15) is 0 Å². The maximum Gasteiger partial charge on any atom is 0.257 e. The number of anilines is 2. The molecule has 0 radical (unpaired) electrons. The van der Waals surface area contributed by atoms with Crippen molar-refractivity contribution in [1.82, 2.24) is 0 Å². The van der Waals surface area contributed by atoms with Gasteiger partial charge in [0.15, 0.2) is 0 Å². The largest absolute Gasteiger partial charge is 0.508 e. The fourth-order valence-corrected chi connectivity index (χ4v) is 2.04. The van der Waals surface area contributed by atoms with Gasteiger partial charge in [-0.05, 0) is 52.3 Å². The number of nitrogen functional groups attached to an aromatic ring is 1. The van der Waals surface area contributed by atoms with Crippen LogP contribution in [0.2, 0.25) is 5.02 Å². The van der Waals surface area contributed by atoms with Crippen molar-refractivity contribution in [3.8, 4) is 5.75 Å². The van der Waals surface area contributed by atoms with Crippen LogP contribution in [0, 0.1) is 0 Å². The maximum atomic E-state index is 12.1. The molecule has 2 aromatic carbocycles. The molecule has 4 nitrogen and oxygen atoms in total. The van der Waals surface area contributed by atoms with Crippen LogP contribution in [0.5, 0.6) is 5.75 Å². The van der Waals surface area contributed by atoms with E-state index in [0.717, 1.165) is 0 Å². The SMILES string of the molecule is Nc1ccc(O)cc1C(=O)Nc1cc(Cl)ccc1Br. The van der Waals surface area contributed by atoms with Crippen molar-refractivity contribution in [2.24, 2.45) is 0 Å². The number of amides is 1. The summed E-state index contributed by atoms with van der Waals surface area (Å²) < 4.78 is 0.698. The van der Waals surface area contributed by atoms with Gasteiger partial charge in [-0.25, -0.2) is 0 Å². The van der Waals surface area contributed by atoms with Gasteiger partial charge in [0.05, 0.1) is 11.3 Å². The molecule has 2 aromatic rings. The minimum Gasteiger partial charge on any atom is -0.508 e. The van der Waals surface area contributed by atoms with E-state index in [0.29, 0.717) is 15.2 Å². The smallest absolute Gasteiger partial charge is 0.257 e. The van der Waals surface area contributed by atoms with E-state index in [1.807, 2.05) is 0 Å². The lowest BCUT2D eigenvalue weighted by Crippen LogP contribution is -2.14. The van der Waals surface area contributed by atoms with Gasteiger partial charge in [0.2, 0.25) is 0 Å². The number of hydrogen-bond donors (Lipinski definition) is 3. The van der Waals surface area contributed by atoms with Crippen molar-refractivity contribution in [3.05, 3.63) is 51.5 Å². The van der Waals surface area contributed by atoms with Crippen molar-refractivity contribution in [2.75, 3.05) is 11.1 Å². The number of hydrogen-bond acceptors (Lipinski definition) is 3. The van der Waals surface area contributed by atoms with Crippen LogP contribution < -0.4 is 11.1 Å². The summed E-state index contributed by atoms with van der Waals surface area (Å²) in [6, 6.07) is 9.23. The average molecular weight is 342 g/mol. The van der Waals surface area contributed by atoms with E-state index in [1.54, 1.807) is 18.2 Å². The average Bonchev–Trinajstić information content (AvgIpc) is 2.36. The Hall–Kier alpha value is -1.72. The van der Waals surface area contributed by atoms with Gasteiger partial charge in [-0.15, -0.1) is 0 Å². The van der Waals surface area contributed by atoms with Gasteiger partial charge < -0.3 is 16.2 Å². The highest BCUT2D eigenvalue weighted by molar-refractivity contribution is 9.10. The van der Waals surface area contributed by atoms with Crippen molar-refractivity contribution >= 4 is 44.8 Å². The molecule has 0 aliphatic carbocycles. The second-order valence-electron chi connectivity index (χ2n) is 3.85. The fourth-order valence-electron chi connectivity index (χ4n) is 1.52. The maximum absolute atomic E-state index is 12.1. The number of carbonyl (C=O) groups is 1. The monoisotopic (exact) mass is 340 g/mol. The highest BCUT2D eigenvalue weighted by Crippen LogP contribution is 2.27. The topological polar surface area (TPSA) is 75.3 Å². The number of aromatic hydroxyl groups is 1. The van der Waals surface area contributed by atoms with Gasteiger partial charge >= 0.3 is 0 Å². The molecule has 2 rings (SSSR count). The predicted octanol–water partition coefficient (Wildman–Crippen LogP) is 3.64. The zero-order valence-corrected chi connectivity index (χ0v) is 12.0. The first-order chi connectivity index (χ1) is 8.97. The van der Waals surface area contributed by atoms with Crippen molar-refractivity contribution in [3.63, 3.8) is 0 Å². The summed E-state index contributed by atoms with van der Waals surface area (Å²) in [6.45, 7) is 0. The van der Waals surface area contributed by atoms with E-state index < -0.39 is 5.91 Å². The Morgan fingerprint density at radius 3 is 2.74 bits per heavy atom. The second-order valence-corrected chi connectivity index (χ2v) is 5.14. The molecule has 0 aliphatic rings. The summed E-state index contributed by atoms with van der Waals surface area (Å²) >= 11 is 9.18. The molecule has 0 atom stereocenters. The van der Waals surface area contributed by atoms with Gasteiger partial charge in [0, 0.05) is 15.2 Å². The Kier molecular flexibility index (Phi) is 3.97. The zero-order valence-electron chi connectivity index (χ0n) is 9.65. The van der Waals surface area contributed by atoms with E-state index in [-0.39, 0.29) is 17.0 Å². The molecule has 0 fully saturated rings. The number of halogens is 2. The molecule has 0 saturated heterocycles. The summed E-state index contributed by atoms with van der Waals surface area (Å²) in [7, 11) is 0. The molecule has 0 unspecified atom stereocenters. The number of phenols is 1. The van der Waals surface area contributed by atoms with E-state index in [1.165, 1.54) is 18.2 Å². The molecule has 0 bridgehead atoms. The van der Waals surface area contributed by atoms with Gasteiger partial charge in [0.1, 0.15) is 5.75 Å². The summed E-state index contributed by atoms with van der Waals surface area (Å²) in [5.41, 5.74) is 6.72. The zero-order chi connectivity index (χ0) is 14.0. The lowest BCUT2D eigenvalue weighted by Gasteiger charge is -2.09. The number of rotatable bonds is 2. The number of carbonyl (C=O) groups excluding carboxylic acids is 1. The first kappa shape index (κ1) is 13.7. The summed E-state index contributed by atoms with van der Waals surface area (Å²) in [4.78, 5) is 12.1. The Morgan fingerprint density at radius 1 is 1.26 bits per heavy atom. The molecule has 0 aliphatic heterocycles. The van der Waals surface area contributed by atoms with Crippen molar-refractivity contribution in [2.45, 2.75) is 0 Å². The summed E-state index contributed by atoms with van der Waals surface area (Å²) in [5, 5.41) is 12.6. The third-order valence-electron chi connectivity index (χ3n) is 2.46. The third-order valence-corrected chi connectivity index (χ3v) is 3.38. The van der Waals surface area contributed by atoms with Crippen LogP contribution in [0.3, 0.4) is 0 Å². The first-order valence-corrected chi connectivity index (χ1v) is 6.49. The minimum atomic E-state index is -0.420. The molecule has 1 amide bonds. The summed E-state index contributed by atoms with van der Waals surface area (Å²) in [6.07, 6.45) is 0. The number of benzene rings is 2. The normalized spacial score (nSPS) is 10.2. The molecule has 0 spiro atoms. The molecule has 19 heavy (non-hydrogen) atoms. The Bertz CT molecular complexity index is 647. The lowest BCUT2D eigenvalue weighted by molar-refractivity contribution is 0.102. The number of phenolic OH excluding ortho intramolecular Hbond substituents is 1. The first-order valence-electron chi connectivity index (χ1n) is 5.32. The molecule has 98 valence electrons. The molecular formula is C13H10BrClN2O2. The molecule has 4 N–H and O–H groups in total. The Labute approximate surface area is 123 Å². The van der Waals surface area contributed by atoms with Gasteiger partial charge in [0.25, 0.3) is 5.91 Å². The molecular weight excluding hydrogens is 332 g/mol. The molecule has 0 aromatic heterocycles. The highest BCUT2D eigenvalue weighted by atomic mass is 79.9. The van der Waals surface area contributed by atoms with E-state index in [9.17, 15) is 9.90 Å². The van der Waals surface area contributed by atoms with Crippen molar-refractivity contribution in [1.29, 1.82) is 0 Å². The van der Waals surface area contributed by atoms with Crippen LogP contribution in [-0.2, 0) is 0 Å².